The normalized spacial score (nSPS) is 24.9. The first-order valence-electron chi connectivity index (χ1n) is 21.0. The van der Waals surface area contributed by atoms with Crippen molar-refractivity contribution in [2.45, 2.75) is 142 Å². The Hall–Kier alpha value is -3.72. The summed E-state index contributed by atoms with van der Waals surface area (Å²) in [5.74, 6) is -1.15. The molecule has 14 heteroatoms. The largest absolute Gasteiger partial charge is 0.337 e. The zero-order valence-electron chi connectivity index (χ0n) is 35.9. The van der Waals surface area contributed by atoms with Gasteiger partial charge < -0.3 is 9.47 Å². The SMILES string of the molecule is CC(CCC1OC(C)(c2ccc(Cl)cc2)OOC1(C)C)CCn1cc(-c2ccc(-c3cn(CCC(C)CCC4OC(C)(c5ccc(Cl)cc5)OOC4(C)C)nn3)cc2)nn1. The molecule has 6 atom stereocenters. The van der Waals surface area contributed by atoms with Gasteiger partial charge >= 0.3 is 0 Å². The summed E-state index contributed by atoms with van der Waals surface area (Å²) in [6, 6.07) is 23.2. The van der Waals surface area contributed by atoms with Crippen molar-refractivity contribution in [2.24, 2.45) is 11.8 Å². The summed E-state index contributed by atoms with van der Waals surface area (Å²) in [6.45, 7) is 17.8. The zero-order chi connectivity index (χ0) is 42.7. The number of hydrogen-bond acceptors (Lipinski definition) is 10. The third-order valence-electron chi connectivity index (χ3n) is 12.0. The maximum atomic E-state index is 6.55. The molecule has 12 nitrogen and oxygen atoms in total. The van der Waals surface area contributed by atoms with E-state index in [1.54, 1.807) is 0 Å². The molecule has 0 radical (unpaired) electrons. The van der Waals surface area contributed by atoms with Crippen molar-refractivity contribution in [3.63, 3.8) is 0 Å². The zero-order valence-corrected chi connectivity index (χ0v) is 37.4. The predicted molar refractivity (Wildman–Crippen MR) is 230 cm³/mol. The molecule has 0 aliphatic carbocycles. The second kappa shape index (κ2) is 18.3. The van der Waals surface area contributed by atoms with Crippen molar-refractivity contribution < 1.29 is 29.0 Å². The van der Waals surface area contributed by atoms with Gasteiger partial charge in [0.2, 0.25) is 11.6 Å². The lowest BCUT2D eigenvalue weighted by atomic mass is 9.91. The minimum Gasteiger partial charge on any atom is -0.337 e. The molecule has 5 aromatic rings. The molecule has 0 saturated carbocycles. The lowest BCUT2D eigenvalue weighted by Gasteiger charge is -2.46. The summed E-state index contributed by atoms with van der Waals surface area (Å²) >= 11 is 12.2. The smallest absolute Gasteiger partial charge is 0.225 e. The lowest BCUT2D eigenvalue weighted by Crippen LogP contribution is -2.53. The number of hydrogen-bond donors (Lipinski definition) is 0. The van der Waals surface area contributed by atoms with Crippen molar-refractivity contribution in [1.82, 2.24) is 30.0 Å². The molecule has 0 N–H and O–H groups in total. The molecular weight excluding hydrogens is 803 g/mol. The Bertz CT molecular complexity index is 2010. The number of aromatic nitrogens is 6. The van der Waals surface area contributed by atoms with E-state index < -0.39 is 22.8 Å². The van der Waals surface area contributed by atoms with Gasteiger partial charge in [0.05, 0.1) is 24.6 Å². The van der Waals surface area contributed by atoms with Crippen LogP contribution in [0.2, 0.25) is 10.0 Å². The lowest BCUT2D eigenvalue weighted by molar-refractivity contribution is -0.527. The molecule has 7 rings (SSSR count). The second-order valence-electron chi connectivity index (χ2n) is 17.9. The molecule has 3 aromatic carbocycles. The van der Waals surface area contributed by atoms with Crippen molar-refractivity contribution in [3.8, 4) is 22.5 Å². The first kappa shape index (κ1) is 44.3. The van der Waals surface area contributed by atoms with E-state index in [-0.39, 0.29) is 12.2 Å². The van der Waals surface area contributed by atoms with Crippen LogP contribution in [0.3, 0.4) is 0 Å². The minimum absolute atomic E-state index is 0.151. The number of benzene rings is 3. The van der Waals surface area contributed by atoms with Crippen LogP contribution in [0.5, 0.6) is 0 Å². The fourth-order valence-corrected chi connectivity index (χ4v) is 7.91. The fourth-order valence-electron chi connectivity index (χ4n) is 7.66. The van der Waals surface area contributed by atoms with Crippen LogP contribution in [0.15, 0.2) is 85.2 Å². The Balaban J connectivity index is 0.851. The summed E-state index contributed by atoms with van der Waals surface area (Å²) in [5.41, 5.74) is 4.20. The molecule has 0 bridgehead atoms. The van der Waals surface area contributed by atoms with Crippen LogP contribution in [0, 0.1) is 11.8 Å². The van der Waals surface area contributed by atoms with Gasteiger partial charge in [-0.25, -0.2) is 9.78 Å². The quantitative estimate of drug-likeness (QED) is 0.0888. The van der Waals surface area contributed by atoms with Gasteiger partial charge in [-0.1, -0.05) is 96.0 Å². The van der Waals surface area contributed by atoms with Crippen LogP contribution in [0.4, 0.5) is 0 Å². The van der Waals surface area contributed by atoms with Crippen molar-refractivity contribution in [2.75, 3.05) is 0 Å². The Morgan fingerprint density at radius 3 is 1.27 bits per heavy atom. The number of halogens is 2. The van der Waals surface area contributed by atoms with Gasteiger partial charge in [-0.05, 0) is 116 Å². The average molecular weight is 862 g/mol. The monoisotopic (exact) mass is 860 g/mol. The van der Waals surface area contributed by atoms with E-state index in [1.165, 1.54) is 0 Å². The van der Waals surface area contributed by atoms with Crippen molar-refractivity contribution >= 4 is 23.2 Å². The van der Waals surface area contributed by atoms with Crippen LogP contribution < -0.4 is 0 Å². The summed E-state index contributed by atoms with van der Waals surface area (Å²) in [6.07, 6.45) is 9.22. The molecule has 2 aliphatic heterocycles. The summed E-state index contributed by atoms with van der Waals surface area (Å²) < 4.78 is 16.9. The summed E-state index contributed by atoms with van der Waals surface area (Å²) in [4.78, 5) is 23.3. The van der Waals surface area contributed by atoms with Crippen molar-refractivity contribution in [1.29, 1.82) is 0 Å². The Morgan fingerprint density at radius 2 is 0.900 bits per heavy atom. The van der Waals surface area contributed by atoms with Gasteiger partial charge in [0.15, 0.2) is 0 Å². The van der Waals surface area contributed by atoms with Crippen LogP contribution in [-0.2, 0) is 53.7 Å². The van der Waals surface area contributed by atoms with Gasteiger partial charge in [-0.2, -0.15) is 9.78 Å². The van der Waals surface area contributed by atoms with E-state index in [9.17, 15) is 0 Å². The average Bonchev–Trinajstić information content (AvgIpc) is 3.91. The highest BCUT2D eigenvalue weighted by atomic mass is 35.5. The van der Waals surface area contributed by atoms with E-state index in [4.69, 9.17) is 52.2 Å². The van der Waals surface area contributed by atoms with E-state index in [0.29, 0.717) is 21.9 Å². The predicted octanol–water partition coefficient (Wildman–Crippen LogP) is 11.1. The molecule has 2 saturated heterocycles. The third kappa shape index (κ3) is 10.7. The Kier molecular flexibility index (Phi) is 13.5. The van der Waals surface area contributed by atoms with Crippen LogP contribution in [0.1, 0.15) is 105 Å². The van der Waals surface area contributed by atoms with E-state index >= 15 is 0 Å². The Labute approximate surface area is 363 Å². The van der Waals surface area contributed by atoms with Gasteiger partial charge in [0.25, 0.3) is 0 Å². The molecule has 4 heterocycles. The minimum atomic E-state index is -1.01. The van der Waals surface area contributed by atoms with Gasteiger partial charge in [0, 0.05) is 45.4 Å². The fraction of sp³-hybridized carbons (Fsp3) is 0.522. The first-order valence-corrected chi connectivity index (χ1v) is 21.8. The highest BCUT2D eigenvalue weighted by Gasteiger charge is 2.48. The highest BCUT2D eigenvalue weighted by molar-refractivity contribution is 6.30. The van der Waals surface area contributed by atoms with Crippen LogP contribution in [-0.4, -0.2) is 53.4 Å². The molecule has 0 amide bonds. The molecule has 322 valence electrons. The van der Waals surface area contributed by atoms with Gasteiger partial charge in [-0.3, -0.25) is 9.36 Å². The molecular formula is C46H58Cl2N6O6. The van der Waals surface area contributed by atoms with Crippen molar-refractivity contribution in [3.05, 3.63) is 106 Å². The molecule has 60 heavy (non-hydrogen) atoms. The van der Waals surface area contributed by atoms with E-state index in [1.807, 2.05) is 112 Å². The molecule has 0 spiro atoms. The maximum Gasteiger partial charge on any atom is 0.225 e. The molecule has 2 aliphatic rings. The number of nitrogens with zero attached hydrogens (tertiary/aromatic N) is 6. The first-order chi connectivity index (χ1) is 28.5. The standard InChI is InChI=1S/C46H58Cl2N6O6/c1-31(9-23-41-43(3,4)57-59-45(7,55-41)35-15-19-37(47)20-16-35)25-27-53-29-39(49-51-53)33-11-13-34(14-12-33)40-30-54(52-50-40)28-26-32(2)10-24-42-44(5,6)58-60-46(8,56-42)36-17-21-38(48)22-18-36/h11-22,29-32,41-42H,9-10,23-28H2,1-8H3. The number of aryl methyl sites for hydroxylation is 2. The molecule has 6 unspecified atom stereocenters. The topological polar surface area (TPSA) is 117 Å². The molecule has 2 aromatic heterocycles. The van der Waals surface area contributed by atoms with Crippen LogP contribution >= 0.6 is 23.2 Å². The summed E-state index contributed by atoms with van der Waals surface area (Å²) in [5, 5.41) is 19.1. The van der Waals surface area contributed by atoms with E-state index in [2.05, 4.69) is 58.7 Å². The number of rotatable bonds is 16. The van der Waals surface area contributed by atoms with Crippen LogP contribution in [0.25, 0.3) is 22.5 Å². The third-order valence-corrected chi connectivity index (χ3v) is 12.5. The molecule has 2 fully saturated rings. The van der Waals surface area contributed by atoms with Gasteiger partial charge in [-0.15, -0.1) is 10.2 Å². The van der Waals surface area contributed by atoms with E-state index in [0.717, 1.165) is 85.3 Å². The maximum absolute atomic E-state index is 6.55. The van der Waals surface area contributed by atoms with Gasteiger partial charge in [0.1, 0.15) is 22.6 Å². The second-order valence-corrected chi connectivity index (χ2v) is 18.8. The number of ether oxygens (including phenoxy) is 2. The Morgan fingerprint density at radius 1 is 0.533 bits per heavy atom. The summed E-state index contributed by atoms with van der Waals surface area (Å²) in [7, 11) is 0. The highest BCUT2D eigenvalue weighted by Crippen LogP contribution is 2.42.